The molecule has 1 N–H and O–H groups in total. The Morgan fingerprint density at radius 3 is 2.37 bits per heavy atom. The second-order valence-corrected chi connectivity index (χ2v) is 7.72. The zero-order valence-corrected chi connectivity index (χ0v) is 16.3. The molecule has 2 aliphatic heterocycles. The summed E-state index contributed by atoms with van der Waals surface area (Å²) < 4.78 is 5.00. The number of carbonyl (C=O) groups excluding carboxylic acids is 3. The molecule has 0 radical (unpaired) electrons. The Hall–Kier alpha value is -1.83. The minimum absolute atomic E-state index is 0.000527. The molecule has 3 aliphatic rings. The van der Waals surface area contributed by atoms with Gasteiger partial charge in [-0.2, -0.15) is 0 Å². The van der Waals surface area contributed by atoms with Crippen molar-refractivity contribution in [2.75, 3.05) is 39.3 Å². The van der Waals surface area contributed by atoms with Crippen LogP contribution in [-0.2, 0) is 14.3 Å². The van der Waals surface area contributed by atoms with Crippen molar-refractivity contribution in [1.82, 2.24) is 20.2 Å². The number of nitrogens with zero attached hydrogens (tertiary/aromatic N) is 3. The molecule has 0 aromatic carbocycles. The molecule has 0 spiro atoms. The minimum Gasteiger partial charge on any atom is -0.450 e. The van der Waals surface area contributed by atoms with Crippen LogP contribution < -0.4 is 5.43 Å². The predicted molar refractivity (Wildman–Crippen MR) is 99.6 cm³/mol. The Morgan fingerprint density at radius 2 is 1.70 bits per heavy atom. The Morgan fingerprint density at radius 1 is 1.04 bits per heavy atom. The topological polar surface area (TPSA) is 82.2 Å². The molecule has 8 nitrogen and oxygen atoms in total. The standard InChI is InChI=1S/C19H32N4O4/c1-2-27-19(26)22-12-10-21(11-13-22)18(25)14-23-17(24)9-8-16(20-23)15-6-4-3-5-7-15/h15-16,20H,2-14H2,1H3. The van der Waals surface area contributed by atoms with Crippen LogP contribution in [0, 0.1) is 5.92 Å². The third-order valence-electron chi connectivity index (χ3n) is 5.96. The van der Waals surface area contributed by atoms with E-state index in [-0.39, 0.29) is 24.5 Å². The lowest BCUT2D eigenvalue weighted by molar-refractivity contribution is -0.148. The molecule has 2 saturated heterocycles. The molecule has 3 rings (SSSR count). The highest BCUT2D eigenvalue weighted by Gasteiger charge is 2.33. The zero-order valence-electron chi connectivity index (χ0n) is 16.3. The summed E-state index contributed by atoms with van der Waals surface area (Å²) >= 11 is 0. The summed E-state index contributed by atoms with van der Waals surface area (Å²) in [4.78, 5) is 40.0. The van der Waals surface area contributed by atoms with Gasteiger partial charge in [0.05, 0.1) is 6.61 Å². The van der Waals surface area contributed by atoms with Gasteiger partial charge in [0.25, 0.3) is 0 Å². The quantitative estimate of drug-likeness (QED) is 0.796. The molecule has 1 aliphatic carbocycles. The first-order valence-electron chi connectivity index (χ1n) is 10.3. The first kappa shape index (κ1) is 19.9. The van der Waals surface area contributed by atoms with Crippen LogP contribution in [0.5, 0.6) is 0 Å². The largest absolute Gasteiger partial charge is 0.450 e. The van der Waals surface area contributed by atoms with Crippen LogP contribution in [0.2, 0.25) is 0 Å². The number of hydrogen-bond acceptors (Lipinski definition) is 5. The second-order valence-electron chi connectivity index (χ2n) is 7.72. The molecule has 1 atom stereocenters. The van der Waals surface area contributed by atoms with E-state index in [9.17, 15) is 14.4 Å². The molecular weight excluding hydrogens is 348 g/mol. The van der Waals surface area contributed by atoms with Gasteiger partial charge in [0.15, 0.2) is 0 Å². The number of nitrogens with one attached hydrogen (secondary N) is 1. The van der Waals surface area contributed by atoms with Gasteiger partial charge in [-0.25, -0.2) is 10.2 Å². The number of hydrazine groups is 1. The van der Waals surface area contributed by atoms with E-state index in [4.69, 9.17) is 4.74 Å². The second kappa shape index (κ2) is 9.39. The highest BCUT2D eigenvalue weighted by Crippen LogP contribution is 2.30. The van der Waals surface area contributed by atoms with Gasteiger partial charge in [-0.3, -0.25) is 14.6 Å². The van der Waals surface area contributed by atoms with Crippen LogP contribution in [0.3, 0.4) is 0 Å². The van der Waals surface area contributed by atoms with E-state index in [2.05, 4.69) is 5.43 Å². The molecule has 2 heterocycles. The van der Waals surface area contributed by atoms with Crippen molar-refractivity contribution in [3.8, 4) is 0 Å². The minimum atomic E-state index is -0.326. The fourth-order valence-electron chi connectivity index (χ4n) is 4.35. The average Bonchev–Trinajstić information content (AvgIpc) is 2.70. The molecule has 0 bridgehead atoms. The van der Waals surface area contributed by atoms with E-state index in [0.717, 1.165) is 6.42 Å². The molecule has 8 heteroatoms. The van der Waals surface area contributed by atoms with Crippen molar-refractivity contribution in [3.63, 3.8) is 0 Å². The van der Waals surface area contributed by atoms with Crippen LogP contribution in [0.4, 0.5) is 4.79 Å². The van der Waals surface area contributed by atoms with Gasteiger partial charge in [-0.15, -0.1) is 0 Å². The van der Waals surface area contributed by atoms with Gasteiger partial charge in [0.2, 0.25) is 11.8 Å². The third kappa shape index (κ3) is 5.12. The van der Waals surface area contributed by atoms with Crippen LogP contribution in [0.1, 0.15) is 51.9 Å². The van der Waals surface area contributed by atoms with Crippen molar-refractivity contribution < 1.29 is 19.1 Å². The molecule has 3 amide bonds. The molecule has 1 unspecified atom stereocenters. The highest BCUT2D eigenvalue weighted by molar-refractivity contribution is 5.85. The Balaban J connectivity index is 1.48. The van der Waals surface area contributed by atoms with Gasteiger partial charge in [-0.1, -0.05) is 19.3 Å². The third-order valence-corrected chi connectivity index (χ3v) is 5.96. The Kier molecular flexibility index (Phi) is 6.93. The van der Waals surface area contributed by atoms with Crippen molar-refractivity contribution >= 4 is 17.9 Å². The summed E-state index contributed by atoms with van der Waals surface area (Å²) in [6, 6.07) is 0.302. The van der Waals surface area contributed by atoms with E-state index in [1.54, 1.807) is 16.7 Å². The lowest BCUT2D eigenvalue weighted by atomic mass is 9.82. The Labute approximate surface area is 161 Å². The van der Waals surface area contributed by atoms with Crippen LogP contribution in [-0.4, -0.2) is 78.1 Å². The SMILES string of the molecule is CCOC(=O)N1CCN(C(=O)CN2NC(C3CCCCC3)CCC2=O)CC1. The van der Waals surface area contributed by atoms with Gasteiger partial charge in [0.1, 0.15) is 6.54 Å². The van der Waals surface area contributed by atoms with E-state index in [1.807, 2.05) is 0 Å². The number of hydrogen-bond donors (Lipinski definition) is 1. The first-order chi connectivity index (χ1) is 13.1. The van der Waals surface area contributed by atoms with Crippen molar-refractivity contribution in [2.45, 2.75) is 57.9 Å². The predicted octanol–water partition coefficient (Wildman–Crippen LogP) is 1.36. The molecule has 152 valence electrons. The van der Waals surface area contributed by atoms with Crippen LogP contribution in [0.25, 0.3) is 0 Å². The van der Waals surface area contributed by atoms with E-state index in [0.29, 0.717) is 51.2 Å². The first-order valence-corrected chi connectivity index (χ1v) is 10.3. The van der Waals surface area contributed by atoms with Crippen LogP contribution in [0.15, 0.2) is 0 Å². The number of amides is 3. The monoisotopic (exact) mass is 380 g/mol. The summed E-state index contributed by atoms with van der Waals surface area (Å²) in [6.07, 6.45) is 7.31. The van der Waals surface area contributed by atoms with E-state index < -0.39 is 0 Å². The van der Waals surface area contributed by atoms with Crippen molar-refractivity contribution in [3.05, 3.63) is 0 Å². The maximum Gasteiger partial charge on any atom is 0.409 e. The number of piperazine rings is 1. The normalized spacial score (nSPS) is 24.9. The van der Waals surface area contributed by atoms with Gasteiger partial charge in [-0.05, 0) is 32.1 Å². The number of rotatable bonds is 4. The van der Waals surface area contributed by atoms with Crippen molar-refractivity contribution in [2.24, 2.45) is 5.92 Å². The smallest absolute Gasteiger partial charge is 0.409 e. The highest BCUT2D eigenvalue weighted by atomic mass is 16.6. The summed E-state index contributed by atoms with van der Waals surface area (Å²) in [5, 5.41) is 1.53. The average molecular weight is 380 g/mol. The number of carbonyl (C=O) groups is 3. The fraction of sp³-hybridized carbons (Fsp3) is 0.842. The summed E-state index contributed by atoms with van der Waals surface area (Å²) in [5.74, 6) is 0.543. The lowest BCUT2D eigenvalue weighted by Crippen LogP contribution is -2.59. The van der Waals surface area contributed by atoms with Crippen LogP contribution >= 0.6 is 0 Å². The molecule has 0 aromatic rings. The zero-order chi connectivity index (χ0) is 19.2. The maximum absolute atomic E-state index is 12.7. The number of ether oxygens (including phenoxy) is 1. The molecule has 3 fully saturated rings. The van der Waals surface area contributed by atoms with Crippen molar-refractivity contribution in [1.29, 1.82) is 0 Å². The van der Waals surface area contributed by atoms with Gasteiger partial charge >= 0.3 is 6.09 Å². The van der Waals surface area contributed by atoms with E-state index in [1.165, 1.54) is 37.1 Å². The van der Waals surface area contributed by atoms with Gasteiger partial charge in [0, 0.05) is 38.6 Å². The summed E-state index contributed by atoms with van der Waals surface area (Å²) in [6.45, 7) is 4.09. The molecule has 27 heavy (non-hydrogen) atoms. The fourth-order valence-corrected chi connectivity index (χ4v) is 4.35. The molecular formula is C19H32N4O4. The van der Waals surface area contributed by atoms with E-state index >= 15 is 0 Å². The van der Waals surface area contributed by atoms with Gasteiger partial charge < -0.3 is 14.5 Å². The lowest BCUT2D eigenvalue weighted by Gasteiger charge is -2.40. The maximum atomic E-state index is 12.7. The molecule has 0 aromatic heterocycles. The summed E-state index contributed by atoms with van der Waals surface area (Å²) in [5.41, 5.74) is 3.34. The molecule has 1 saturated carbocycles. The Bertz CT molecular complexity index is 542. The summed E-state index contributed by atoms with van der Waals surface area (Å²) in [7, 11) is 0.